The minimum Gasteiger partial charge on any atom is -0.317 e. The summed E-state index contributed by atoms with van der Waals surface area (Å²) in [5, 5.41) is 7.26. The first-order valence-corrected chi connectivity index (χ1v) is 7.25. The molecule has 3 fully saturated rings. The second kappa shape index (κ2) is 4.30. The third-order valence-corrected chi connectivity index (χ3v) is 5.18. The average Bonchev–Trinajstić information content (AvgIpc) is 2.69. The minimum atomic E-state index is 0.777. The van der Waals surface area contributed by atoms with Crippen molar-refractivity contribution >= 4 is 0 Å². The van der Waals surface area contributed by atoms with Crippen LogP contribution in [0, 0.1) is 29.6 Å². The molecule has 0 heterocycles. The molecule has 2 N–H and O–H groups in total. The van der Waals surface area contributed by atoms with Crippen molar-refractivity contribution in [3.63, 3.8) is 0 Å². The largest absolute Gasteiger partial charge is 0.317 e. The van der Waals surface area contributed by atoms with Crippen LogP contribution < -0.4 is 10.6 Å². The van der Waals surface area contributed by atoms with Crippen molar-refractivity contribution in [3.05, 3.63) is 0 Å². The second-order valence-electron chi connectivity index (χ2n) is 6.33. The van der Waals surface area contributed by atoms with E-state index in [1.807, 2.05) is 0 Å². The maximum absolute atomic E-state index is 3.83. The Hall–Kier alpha value is -0.0800. The normalized spacial score (nSPS) is 45.8. The molecule has 0 aromatic heterocycles. The molecule has 3 aliphatic rings. The van der Waals surface area contributed by atoms with Gasteiger partial charge in [0.2, 0.25) is 0 Å². The Labute approximate surface area is 99.6 Å². The van der Waals surface area contributed by atoms with Crippen molar-refractivity contribution in [2.24, 2.45) is 29.6 Å². The molecule has 2 nitrogen and oxygen atoms in total. The lowest BCUT2D eigenvalue weighted by atomic mass is 10.0. The first kappa shape index (κ1) is 11.0. The van der Waals surface area contributed by atoms with E-state index in [4.69, 9.17) is 0 Å². The molecule has 16 heavy (non-hydrogen) atoms. The summed E-state index contributed by atoms with van der Waals surface area (Å²) in [4.78, 5) is 0. The lowest BCUT2D eigenvalue weighted by Crippen LogP contribution is -2.32. The molecule has 2 heteroatoms. The topological polar surface area (TPSA) is 24.1 Å². The summed E-state index contributed by atoms with van der Waals surface area (Å²) >= 11 is 0. The zero-order valence-corrected chi connectivity index (χ0v) is 10.7. The van der Waals surface area contributed by atoms with Gasteiger partial charge in [0.1, 0.15) is 0 Å². The predicted octanol–water partition coefficient (Wildman–Crippen LogP) is 1.87. The second-order valence-corrected chi connectivity index (χ2v) is 6.33. The van der Waals surface area contributed by atoms with E-state index >= 15 is 0 Å². The van der Waals surface area contributed by atoms with E-state index in [2.05, 4.69) is 24.5 Å². The van der Waals surface area contributed by atoms with Gasteiger partial charge in [0.05, 0.1) is 0 Å². The number of nitrogens with one attached hydrogen (secondary N) is 2. The Morgan fingerprint density at radius 3 is 2.44 bits per heavy atom. The van der Waals surface area contributed by atoms with Gasteiger partial charge in [-0.3, -0.25) is 0 Å². The van der Waals surface area contributed by atoms with Gasteiger partial charge in [-0.2, -0.15) is 0 Å². The Bertz CT molecular complexity index is 237. The number of rotatable bonds is 6. The Kier molecular flexibility index (Phi) is 2.97. The SMILES string of the molecule is CCNCC(C)CNC1C2C3CCC(C3)C12. The standard InChI is InChI=1S/C14H26N2/c1-3-15-7-9(2)8-16-14-12-10-4-5-11(6-10)13(12)14/h9-16H,3-8H2,1-2H3. The van der Waals surface area contributed by atoms with Gasteiger partial charge in [0.25, 0.3) is 0 Å². The zero-order valence-electron chi connectivity index (χ0n) is 10.7. The third kappa shape index (κ3) is 1.80. The summed E-state index contributed by atoms with van der Waals surface area (Å²) in [7, 11) is 0. The van der Waals surface area contributed by atoms with Crippen LogP contribution in [0.5, 0.6) is 0 Å². The van der Waals surface area contributed by atoms with E-state index in [1.165, 1.54) is 25.9 Å². The molecule has 92 valence electrons. The first-order chi connectivity index (χ1) is 7.81. The van der Waals surface area contributed by atoms with Crippen LogP contribution >= 0.6 is 0 Å². The molecule has 0 spiro atoms. The Balaban J connectivity index is 1.39. The van der Waals surface area contributed by atoms with Crippen molar-refractivity contribution in [1.82, 2.24) is 10.6 Å². The quantitative estimate of drug-likeness (QED) is 0.717. The molecule has 5 unspecified atom stereocenters. The van der Waals surface area contributed by atoms with Gasteiger partial charge < -0.3 is 10.6 Å². The number of fused-ring (bicyclic) bond motifs is 5. The molecule has 2 bridgehead atoms. The number of hydrogen-bond acceptors (Lipinski definition) is 2. The smallest absolute Gasteiger partial charge is 0.0136 e. The highest BCUT2D eigenvalue weighted by Crippen LogP contribution is 2.65. The summed E-state index contributed by atoms with van der Waals surface area (Å²) in [5.74, 6) is 5.17. The van der Waals surface area contributed by atoms with E-state index in [-0.39, 0.29) is 0 Å². The van der Waals surface area contributed by atoms with Crippen LogP contribution in [0.2, 0.25) is 0 Å². The molecule has 3 saturated carbocycles. The molecule has 0 aromatic carbocycles. The van der Waals surface area contributed by atoms with Crippen LogP contribution in [0.25, 0.3) is 0 Å². The molecule has 0 aliphatic heterocycles. The summed E-state index contributed by atoms with van der Waals surface area (Å²) < 4.78 is 0. The minimum absolute atomic E-state index is 0.777. The van der Waals surface area contributed by atoms with Gasteiger partial charge in [-0.25, -0.2) is 0 Å². The fraction of sp³-hybridized carbons (Fsp3) is 1.00. The molecule has 5 atom stereocenters. The van der Waals surface area contributed by atoms with Crippen molar-refractivity contribution < 1.29 is 0 Å². The predicted molar refractivity (Wildman–Crippen MR) is 67.3 cm³/mol. The zero-order chi connectivity index (χ0) is 11.1. The number of hydrogen-bond donors (Lipinski definition) is 2. The monoisotopic (exact) mass is 222 g/mol. The molecular formula is C14H26N2. The van der Waals surface area contributed by atoms with Crippen LogP contribution in [0.1, 0.15) is 33.1 Å². The first-order valence-electron chi connectivity index (χ1n) is 7.25. The van der Waals surface area contributed by atoms with Crippen LogP contribution in [-0.2, 0) is 0 Å². The van der Waals surface area contributed by atoms with E-state index in [9.17, 15) is 0 Å². The van der Waals surface area contributed by atoms with Gasteiger partial charge in [-0.15, -0.1) is 0 Å². The molecule has 3 rings (SSSR count). The maximum Gasteiger partial charge on any atom is 0.0136 e. The van der Waals surface area contributed by atoms with Crippen LogP contribution in [-0.4, -0.2) is 25.7 Å². The van der Waals surface area contributed by atoms with Crippen molar-refractivity contribution in [2.75, 3.05) is 19.6 Å². The van der Waals surface area contributed by atoms with Gasteiger partial charge in [0.15, 0.2) is 0 Å². The fourth-order valence-corrected chi connectivity index (χ4v) is 4.40. The molecule has 0 saturated heterocycles. The Morgan fingerprint density at radius 1 is 1.12 bits per heavy atom. The summed E-state index contributed by atoms with van der Waals surface area (Å²) in [5.41, 5.74) is 0. The lowest BCUT2D eigenvalue weighted by Gasteiger charge is -2.15. The molecule has 0 amide bonds. The third-order valence-electron chi connectivity index (χ3n) is 5.18. The molecule has 0 radical (unpaired) electrons. The van der Waals surface area contributed by atoms with Gasteiger partial charge in [-0.05, 0) is 68.5 Å². The molecule has 0 aromatic rings. The van der Waals surface area contributed by atoms with Crippen LogP contribution in [0.4, 0.5) is 0 Å². The summed E-state index contributed by atoms with van der Waals surface area (Å²) in [6.07, 6.45) is 4.65. The van der Waals surface area contributed by atoms with Gasteiger partial charge >= 0.3 is 0 Å². The van der Waals surface area contributed by atoms with E-state index in [1.54, 1.807) is 6.42 Å². The molecule has 3 aliphatic carbocycles. The van der Waals surface area contributed by atoms with Crippen LogP contribution in [0.15, 0.2) is 0 Å². The highest BCUT2D eigenvalue weighted by molar-refractivity contribution is 5.16. The summed E-state index contributed by atoms with van der Waals surface area (Å²) in [6.45, 7) is 8.01. The van der Waals surface area contributed by atoms with Crippen molar-refractivity contribution in [3.8, 4) is 0 Å². The van der Waals surface area contributed by atoms with E-state index in [0.29, 0.717) is 0 Å². The highest BCUT2D eigenvalue weighted by Gasteiger charge is 2.64. The summed E-state index contributed by atoms with van der Waals surface area (Å²) in [6, 6.07) is 0.912. The fourth-order valence-electron chi connectivity index (χ4n) is 4.40. The van der Waals surface area contributed by atoms with Crippen molar-refractivity contribution in [1.29, 1.82) is 0 Å². The Morgan fingerprint density at radius 2 is 1.81 bits per heavy atom. The van der Waals surface area contributed by atoms with E-state index < -0.39 is 0 Å². The maximum atomic E-state index is 3.83. The highest BCUT2D eigenvalue weighted by atomic mass is 15.0. The van der Waals surface area contributed by atoms with Crippen molar-refractivity contribution in [2.45, 2.75) is 39.2 Å². The molecular weight excluding hydrogens is 196 g/mol. The van der Waals surface area contributed by atoms with Gasteiger partial charge in [0, 0.05) is 6.04 Å². The lowest BCUT2D eigenvalue weighted by molar-refractivity contribution is 0.420. The van der Waals surface area contributed by atoms with E-state index in [0.717, 1.165) is 42.2 Å². The average molecular weight is 222 g/mol. The van der Waals surface area contributed by atoms with Crippen LogP contribution in [0.3, 0.4) is 0 Å². The van der Waals surface area contributed by atoms with Gasteiger partial charge in [-0.1, -0.05) is 13.8 Å².